The number of rotatable bonds is 6. The summed E-state index contributed by atoms with van der Waals surface area (Å²) in [7, 11) is -2.84. The van der Waals surface area contributed by atoms with E-state index in [4.69, 9.17) is 27.9 Å². The van der Waals surface area contributed by atoms with Crippen LogP contribution in [-0.2, 0) is 15.5 Å². The van der Waals surface area contributed by atoms with Gasteiger partial charge in [-0.2, -0.15) is 8.42 Å². The number of carbonyl (C=O) groups excluding carboxylic acids is 1. The van der Waals surface area contributed by atoms with Crippen molar-refractivity contribution in [1.29, 1.82) is 0 Å². The minimum atomic E-state index is -4.38. The second-order valence-electron chi connectivity index (χ2n) is 7.40. The van der Waals surface area contributed by atoms with Crippen molar-refractivity contribution in [3.8, 4) is 5.75 Å². The van der Waals surface area contributed by atoms with E-state index in [0.29, 0.717) is 39.9 Å². The molecule has 2 unspecified atom stereocenters. The van der Waals surface area contributed by atoms with Gasteiger partial charge in [0.05, 0.1) is 22.4 Å². The van der Waals surface area contributed by atoms with Crippen LogP contribution >= 0.6 is 23.2 Å². The smallest absolute Gasteiger partial charge is 0.268 e. The number of likely N-dealkylation sites (tertiary alicyclic amines) is 1. The molecular weight excluding hydrogens is 449 g/mol. The predicted octanol–water partition coefficient (Wildman–Crippen LogP) is 4.45. The predicted molar refractivity (Wildman–Crippen MR) is 117 cm³/mol. The standard InChI is InChI=1S/C21H23Cl2NO5S/c1-3-19(30(26,27)28)21(15-6-9-17(22)18(23)12-15)10-11-24(13-21)20(25)14-4-7-16(29-2)8-5-14/h4-9,12,19H,3,10-11,13H2,1-2H3,(H,26,27,28). The minimum absolute atomic E-state index is 0.133. The SMILES string of the molecule is CCC(C1(c2ccc(Cl)c(Cl)c2)CCN(C(=O)c2ccc(OC)cc2)C1)S(=O)(=O)O. The lowest BCUT2D eigenvalue weighted by Crippen LogP contribution is -2.47. The van der Waals surface area contributed by atoms with E-state index in [1.165, 1.54) is 0 Å². The molecule has 0 aromatic heterocycles. The first-order valence-corrected chi connectivity index (χ1v) is 11.7. The van der Waals surface area contributed by atoms with Crippen molar-refractivity contribution >= 4 is 39.2 Å². The molecule has 9 heteroatoms. The average molecular weight is 472 g/mol. The molecule has 2 aromatic carbocycles. The van der Waals surface area contributed by atoms with Crippen LogP contribution in [0.5, 0.6) is 5.75 Å². The van der Waals surface area contributed by atoms with Crippen LogP contribution in [0.2, 0.25) is 10.0 Å². The summed E-state index contributed by atoms with van der Waals surface area (Å²) in [5, 5.41) is -0.450. The third-order valence-corrected chi connectivity index (χ3v) is 8.01. The highest BCUT2D eigenvalue weighted by Crippen LogP contribution is 2.43. The summed E-state index contributed by atoms with van der Waals surface area (Å²) in [4.78, 5) is 14.7. The van der Waals surface area contributed by atoms with Crippen LogP contribution < -0.4 is 4.74 Å². The van der Waals surface area contributed by atoms with Gasteiger partial charge in [-0.1, -0.05) is 36.2 Å². The maximum atomic E-state index is 13.1. The highest BCUT2D eigenvalue weighted by atomic mass is 35.5. The van der Waals surface area contributed by atoms with E-state index >= 15 is 0 Å². The Kier molecular flexibility index (Phi) is 6.67. The van der Waals surface area contributed by atoms with E-state index < -0.39 is 20.8 Å². The fourth-order valence-electron chi connectivity index (χ4n) is 4.30. The molecule has 6 nitrogen and oxygen atoms in total. The van der Waals surface area contributed by atoms with Gasteiger partial charge in [0.2, 0.25) is 0 Å². The number of methoxy groups -OCH3 is 1. The molecule has 162 valence electrons. The number of hydrogen-bond donors (Lipinski definition) is 1. The number of amides is 1. The van der Waals surface area contributed by atoms with Gasteiger partial charge >= 0.3 is 0 Å². The number of nitrogens with zero attached hydrogens (tertiary/aromatic N) is 1. The Morgan fingerprint density at radius 2 is 1.87 bits per heavy atom. The number of benzene rings is 2. The van der Waals surface area contributed by atoms with Crippen molar-refractivity contribution < 1.29 is 22.5 Å². The summed E-state index contributed by atoms with van der Waals surface area (Å²) < 4.78 is 39.7. The zero-order valence-corrected chi connectivity index (χ0v) is 19.0. The van der Waals surface area contributed by atoms with Crippen LogP contribution in [0.1, 0.15) is 35.7 Å². The molecule has 0 bridgehead atoms. The summed E-state index contributed by atoms with van der Waals surface area (Å²) >= 11 is 12.2. The molecule has 1 fully saturated rings. The van der Waals surface area contributed by atoms with Gasteiger partial charge in [0, 0.05) is 24.1 Å². The van der Waals surface area contributed by atoms with Crippen molar-refractivity contribution in [3.63, 3.8) is 0 Å². The van der Waals surface area contributed by atoms with Crippen molar-refractivity contribution in [3.05, 3.63) is 63.6 Å². The van der Waals surface area contributed by atoms with E-state index in [1.807, 2.05) is 0 Å². The Morgan fingerprint density at radius 3 is 2.40 bits per heavy atom. The molecule has 2 atom stereocenters. The Bertz CT molecular complexity index is 1040. The van der Waals surface area contributed by atoms with Crippen LogP contribution in [0.3, 0.4) is 0 Å². The molecule has 3 rings (SSSR count). The van der Waals surface area contributed by atoms with Gasteiger partial charge in [-0.15, -0.1) is 0 Å². The summed E-state index contributed by atoms with van der Waals surface area (Å²) in [5.74, 6) is 0.417. The maximum absolute atomic E-state index is 13.1. The maximum Gasteiger partial charge on any atom is 0.268 e. The topological polar surface area (TPSA) is 83.9 Å². The van der Waals surface area contributed by atoms with Crippen LogP contribution in [0.15, 0.2) is 42.5 Å². The second-order valence-corrected chi connectivity index (χ2v) is 9.82. The molecule has 1 N–H and O–H groups in total. The zero-order chi connectivity index (χ0) is 22.1. The molecule has 0 spiro atoms. The summed E-state index contributed by atoms with van der Waals surface area (Å²) in [6.07, 6.45) is 0.550. The molecule has 1 aliphatic heterocycles. The van der Waals surface area contributed by atoms with Gasteiger partial charge in [-0.05, 0) is 54.8 Å². The fourth-order valence-corrected chi connectivity index (χ4v) is 5.92. The molecule has 2 aromatic rings. The van der Waals surface area contributed by atoms with E-state index in [1.54, 1.807) is 61.4 Å². The number of ether oxygens (including phenoxy) is 1. The lowest BCUT2D eigenvalue weighted by molar-refractivity contribution is 0.0782. The molecule has 0 aliphatic carbocycles. The first kappa shape index (κ1) is 22.9. The van der Waals surface area contributed by atoms with E-state index in [-0.39, 0.29) is 18.9 Å². The summed E-state index contributed by atoms with van der Waals surface area (Å²) in [6, 6.07) is 11.7. The van der Waals surface area contributed by atoms with Crippen LogP contribution in [-0.4, -0.2) is 49.2 Å². The molecule has 0 radical (unpaired) electrons. The summed E-state index contributed by atoms with van der Waals surface area (Å²) in [6.45, 7) is 2.18. The number of hydrogen-bond acceptors (Lipinski definition) is 4. The van der Waals surface area contributed by atoms with Gasteiger partial charge in [0.25, 0.3) is 16.0 Å². The minimum Gasteiger partial charge on any atom is -0.497 e. The molecule has 1 saturated heterocycles. The first-order valence-electron chi connectivity index (χ1n) is 9.47. The van der Waals surface area contributed by atoms with Crippen molar-refractivity contribution in [2.45, 2.75) is 30.4 Å². The molecular formula is C21H23Cl2NO5S. The Morgan fingerprint density at radius 1 is 1.20 bits per heavy atom. The van der Waals surface area contributed by atoms with E-state index in [0.717, 1.165) is 0 Å². The van der Waals surface area contributed by atoms with Crippen molar-refractivity contribution in [2.75, 3.05) is 20.2 Å². The first-order chi connectivity index (χ1) is 14.1. The third-order valence-electron chi connectivity index (χ3n) is 5.77. The van der Waals surface area contributed by atoms with Gasteiger partial charge in [-0.25, -0.2) is 0 Å². The lowest BCUT2D eigenvalue weighted by Gasteiger charge is -2.36. The van der Waals surface area contributed by atoms with Crippen LogP contribution in [0, 0.1) is 0 Å². The molecule has 1 aliphatic rings. The van der Waals surface area contributed by atoms with Gasteiger partial charge in [-0.3, -0.25) is 9.35 Å². The normalized spacial score (nSPS) is 20.2. The Balaban J connectivity index is 2.01. The van der Waals surface area contributed by atoms with Crippen LogP contribution in [0.25, 0.3) is 0 Å². The lowest BCUT2D eigenvalue weighted by atomic mass is 9.75. The van der Waals surface area contributed by atoms with Crippen molar-refractivity contribution in [2.24, 2.45) is 0 Å². The number of halogens is 2. The zero-order valence-electron chi connectivity index (χ0n) is 16.6. The number of carbonyl (C=O) groups is 1. The van der Waals surface area contributed by atoms with Gasteiger partial charge in [0.15, 0.2) is 0 Å². The van der Waals surface area contributed by atoms with Crippen molar-refractivity contribution in [1.82, 2.24) is 4.90 Å². The average Bonchev–Trinajstić information content (AvgIpc) is 3.15. The molecule has 1 amide bonds. The quantitative estimate of drug-likeness (QED) is 0.628. The largest absolute Gasteiger partial charge is 0.497 e. The van der Waals surface area contributed by atoms with E-state index in [2.05, 4.69) is 0 Å². The summed E-state index contributed by atoms with van der Waals surface area (Å²) in [5.41, 5.74) is 0.102. The van der Waals surface area contributed by atoms with Gasteiger partial charge in [0.1, 0.15) is 5.75 Å². The molecule has 30 heavy (non-hydrogen) atoms. The Labute approximate surface area is 186 Å². The second kappa shape index (κ2) is 8.75. The van der Waals surface area contributed by atoms with Gasteiger partial charge < -0.3 is 9.64 Å². The monoisotopic (exact) mass is 471 g/mol. The highest BCUT2D eigenvalue weighted by molar-refractivity contribution is 7.86. The molecule has 0 saturated carbocycles. The molecule has 1 heterocycles. The Hall–Kier alpha value is -1.80. The van der Waals surface area contributed by atoms with E-state index in [9.17, 15) is 17.8 Å². The fraction of sp³-hybridized carbons (Fsp3) is 0.381. The third kappa shape index (κ3) is 4.30. The van der Waals surface area contributed by atoms with Crippen LogP contribution in [0.4, 0.5) is 0 Å². The highest BCUT2D eigenvalue weighted by Gasteiger charge is 2.51.